The van der Waals surface area contributed by atoms with Gasteiger partial charge in [-0.05, 0) is 56.7 Å². The van der Waals surface area contributed by atoms with E-state index in [9.17, 15) is 0 Å². The van der Waals surface area contributed by atoms with E-state index >= 15 is 0 Å². The number of H-pyrrole nitrogens is 1. The first kappa shape index (κ1) is 11.3. The molecule has 1 aromatic rings. The van der Waals surface area contributed by atoms with Crippen molar-refractivity contribution in [1.82, 2.24) is 15.1 Å². The molecule has 0 amide bonds. The number of piperidine rings is 1. The molecule has 0 radical (unpaired) electrons. The number of aromatic amines is 1. The van der Waals surface area contributed by atoms with Crippen molar-refractivity contribution in [2.45, 2.75) is 39.0 Å². The minimum Gasteiger partial charge on any atom is -0.306 e. The molecule has 3 heteroatoms. The topological polar surface area (TPSA) is 31.9 Å². The van der Waals surface area contributed by atoms with E-state index in [2.05, 4.69) is 29.1 Å². The predicted molar refractivity (Wildman–Crippen MR) is 69.1 cm³/mol. The lowest BCUT2D eigenvalue weighted by molar-refractivity contribution is 0.133. The van der Waals surface area contributed by atoms with Gasteiger partial charge in [0.25, 0.3) is 0 Å². The Labute approximate surface area is 104 Å². The highest BCUT2D eigenvalue weighted by Crippen LogP contribution is 2.35. The number of aromatic nitrogens is 2. The molecule has 17 heavy (non-hydrogen) atoms. The Bertz CT molecular complexity index is 396. The zero-order valence-corrected chi connectivity index (χ0v) is 11.0. The van der Waals surface area contributed by atoms with Crippen LogP contribution in [-0.4, -0.2) is 35.2 Å². The first-order valence-electron chi connectivity index (χ1n) is 7.01. The van der Waals surface area contributed by atoms with Gasteiger partial charge in [-0.1, -0.05) is 13.3 Å². The molecular formula is C14H23N3. The van der Waals surface area contributed by atoms with Crippen molar-refractivity contribution in [1.29, 1.82) is 0 Å². The van der Waals surface area contributed by atoms with Crippen LogP contribution in [0.2, 0.25) is 0 Å². The average molecular weight is 233 g/mol. The van der Waals surface area contributed by atoms with E-state index in [0.717, 1.165) is 18.3 Å². The summed E-state index contributed by atoms with van der Waals surface area (Å²) in [5.41, 5.74) is 4.34. The normalized spacial score (nSPS) is 28.8. The first-order valence-corrected chi connectivity index (χ1v) is 7.01. The van der Waals surface area contributed by atoms with Gasteiger partial charge in [-0.25, -0.2) is 0 Å². The van der Waals surface area contributed by atoms with Gasteiger partial charge in [-0.2, -0.15) is 5.10 Å². The largest absolute Gasteiger partial charge is 0.306 e. The van der Waals surface area contributed by atoms with E-state index in [1.165, 1.54) is 50.2 Å². The highest BCUT2D eigenvalue weighted by molar-refractivity contribution is 5.29. The fraction of sp³-hybridized carbons (Fsp3) is 0.786. The minimum absolute atomic E-state index is 0.870. The molecule has 2 atom stereocenters. The van der Waals surface area contributed by atoms with Crippen LogP contribution in [-0.2, 0) is 19.3 Å². The van der Waals surface area contributed by atoms with Crippen LogP contribution < -0.4 is 0 Å². The fourth-order valence-electron chi connectivity index (χ4n) is 3.58. The summed E-state index contributed by atoms with van der Waals surface area (Å²) in [6.07, 6.45) is 6.20. The SMILES string of the molecule is CCCc1n[nH]c2c1C[C@@H]1CN(C)CC[C@H]1C2. The van der Waals surface area contributed by atoms with Crippen LogP contribution in [0.15, 0.2) is 0 Å². The molecule has 1 N–H and O–H groups in total. The molecule has 1 aromatic heterocycles. The van der Waals surface area contributed by atoms with Crippen molar-refractivity contribution >= 4 is 0 Å². The molecule has 1 fully saturated rings. The average Bonchev–Trinajstić information content (AvgIpc) is 2.70. The molecule has 1 saturated heterocycles. The lowest BCUT2D eigenvalue weighted by atomic mass is 9.74. The lowest BCUT2D eigenvalue weighted by Gasteiger charge is -2.39. The Balaban J connectivity index is 1.83. The van der Waals surface area contributed by atoms with Crippen molar-refractivity contribution in [3.63, 3.8) is 0 Å². The number of likely N-dealkylation sites (tertiary alicyclic amines) is 1. The Hall–Kier alpha value is -0.830. The zero-order valence-electron chi connectivity index (χ0n) is 11.0. The van der Waals surface area contributed by atoms with E-state index in [1.807, 2.05) is 0 Å². The van der Waals surface area contributed by atoms with E-state index in [4.69, 9.17) is 0 Å². The summed E-state index contributed by atoms with van der Waals surface area (Å²) in [7, 11) is 2.26. The molecule has 0 saturated carbocycles. The quantitative estimate of drug-likeness (QED) is 0.847. The maximum Gasteiger partial charge on any atom is 0.0656 e. The summed E-state index contributed by atoms with van der Waals surface area (Å²) >= 11 is 0. The number of fused-ring (bicyclic) bond motifs is 2. The highest BCUT2D eigenvalue weighted by Gasteiger charge is 2.34. The molecule has 2 heterocycles. The third-order valence-corrected chi connectivity index (χ3v) is 4.55. The third kappa shape index (κ3) is 2.01. The van der Waals surface area contributed by atoms with Gasteiger partial charge in [-0.15, -0.1) is 0 Å². The molecule has 1 aliphatic carbocycles. The molecule has 1 aliphatic heterocycles. The van der Waals surface area contributed by atoms with Gasteiger partial charge >= 0.3 is 0 Å². The van der Waals surface area contributed by atoms with Crippen LogP contribution in [0.5, 0.6) is 0 Å². The molecule has 3 rings (SSSR count). The summed E-state index contributed by atoms with van der Waals surface area (Å²) in [5, 5.41) is 7.82. The van der Waals surface area contributed by atoms with Gasteiger partial charge in [0, 0.05) is 12.2 Å². The monoisotopic (exact) mass is 233 g/mol. The smallest absolute Gasteiger partial charge is 0.0656 e. The van der Waals surface area contributed by atoms with E-state index in [0.29, 0.717) is 0 Å². The number of nitrogens with one attached hydrogen (secondary N) is 1. The van der Waals surface area contributed by atoms with E-state index < -0.39 is 0 Å². The van der Waals surface area contributed by atoms with Crippen molar-refractivity contribution in [3.8, 4) is 0 Å². The molecule has 0 spiro atoms. The van der Waals surface area contributed by atoms with Crippen LogP contribution in [0, 0.1) is 11.8 Å². The van der Waals surface area contributed by atoms with Crippen LogP contribution in [0.1, 0.15) is 36.7 Å². The number of hydrogen-bond acceptors (Lipinski definition) is 2. The second-order valence-electron chi connectivity index (χ2n) is 5.86. The zero-order chi connectivity index (χ0) is 11.8. The van der Waals surface area contributed by atoms with Crippen molar-refractivity contribution in [3.05, 3.63) is 17.0 Å². The molecule has 94 valence electrons. The molecule has 2 aliphatic rings. The number of aryl methyl sites for hydroxylation is 1. The number of nitrogens with zero attached hydrogens (tertiary/aromatic N) is 2. The van der Waals surface area contributed by atoms with Crippen molar-refractivity contribution in [2.24, 2.45) is 11.8 Å². The van der Waals surface area contributed by atoms with Crippen LogP contribution >= 0.6 is 0 Å². The lowest BCUT2D eigenvalue weighted by Crippen LogP contribution is -2.41. The summed E-state index contributed by atoms with van der Waals surface area (Å²) in [5.74, 6) is 1.77. The maximum absolute atomic E-state index is 4.53. The Morgan fingerprint density at radius 1 is 1.35 bits per heavy atom. The number of rotatable bonds is 2. The highest BCUT2D eigenvalue weighted by atomic mass is 15.1. The van der Waals surface area contributed by atoms with Gasteiger partial charge in [0.15, 0.2) is 0 Å². The Morgan fingerprint density at radius 2 is 2.24 bits per heavy atom. The Morgan fingerprint density at radius 3 is 3.06 bits per heavy atom. The standard InChI is InChI=1S/C14H23N3/c1-3-4-13-12-7-11-9-17(2)6-5-10(11)8-14(12)16-15-13/h10-11H,3-9H2,1-2H3,(H,15,16)/t10-,11+/m0/s1. The van der Waals surface area contributed by atoms with Gasteiger partial charge < -0.3 is 4.90 Å². The van der Waals surface area contributed by atoms with Gasteiger partial charge in [0.1, 0.15) is 0 Å². The number of hydrogen-bond donors (Lipinski definition) is 1. The second-order valence-corrected chi connectivity index (χ2v) is 5.86. The van der Waals surface area contributed by atoms with Crippen LogP contribution in [0.4, 0.5) is 0 Å². The minimum atomic E-state index is 0.870. The van der Waals surface area contributed by atoms with Crippen LogP contribution in [0.25, 0.3) is 0 Å². The van der Waals surface area contributed by atoms with Crippen molar-refractivity contribution < 1.29 is 0 Å². The summed E-state index contributed by atoms with van der Waals surface area (Å²) in [4.78, 5) is 2.49. The Kier molecular flexibility index (Phi) is 2.95. The van der Waals surface area contributed by atoms with Gasteiger partial charge in [-0.3, -0.25) is 5.10 Å². The summed E-state index contributed by atoms with van der Waals surface area (Å²) in [6.45, 7) is 4.79. The van der Waals surface area contributed by atoms with Gasteiger partial charge in [0.05, 0.1) is 5.69 Å². The van der Waals surface area contributed by atoms with Crippen molar-refractivity contribution in [2.75, 3.05) is 20.1 Å². The summed E-state index contributed by atoms with van der Waals surface area (Å²) < 4.78 is 0. The molecule has 0 aromatic carbocycles. The molecule has 0 unspecified atom stereocenters. The summed E-state index contributed by atoms with van der Waals surface area (Å²) in [6, 6.07) is 0. The molecule has 0 bridgehead atoms. The predicted octanol–water partition coefficient (Wildman–Crippen LogP) is 2.03. The van der Waals surface area contributed by atoms with E-state index in [1.54, 1.807) is 5.56 Å². The third-order valence-electron chi connectivity index (χ3n) is 4.55. The molecule has 3 nitrogen and oxygen atoms in total. The second kappa shape index (κ2) is 4.45. The van der Waals surface area contributed by atoms with E-state index in [-0.39, 0.29) is 0 Å². The first-order chi connectivity index (χ1) is 8.28. The van der Waals surface area contributed by atoms with Crippen LogP contribution in [0.3, 0.4) is 0 Å². The molecular weight excluding hydrogens is 210 g/mol. The maximum atomic E-state index is 4.53. The fourth-order valence-corrected chi connectivity index (χ4v) is 3.58. The van der Waals surface area contributed by atoms with Gasteiger partial charge in [0.2, 0.25) is 0 Å².